The fourth-order valence-corrected chi connectivity index (χ4v) is 4.30. The predicted octanol–water partition coefficient (Wildman–Crippen LogP) is 1.74. The molecule has 2 fully saturated rings. The van der Waals surface area contributed by atoms with Crippen LogP contribution in [0, 0.1) is 5.92 Å². The molecule has 7 heteroatoms. The predicted molar refractivity (Wildman–Crippen MR) is 118 cm³/mol. The van der Waals surface area contributed by atoms with Crippen LogP contribution in [0.3, 0.4) is 0 Å². The van der Waals surface area contributed by atoms with E-state index in [1.807, 2.05) is 19.2 Å². The molecule has 2 aliphatic rings. The minimum absolute atomic E-state index is 0.730. The molecule has 0 amide bonds. The van der Waals surface area contributed by atoms with Gasteiger partial charge in [0.05, 0.1) is 14.2 Å². The second-order valence-corrected chi connectivity index (χ2v) is 7.92. The van der Waals surface area contributed by atoms with Gasteiger partial charge >= 0.3 is 0 Å². The molecule has 1 atom stereocenters. The fraction of sp³-hybridized carbons (Fsp3) is 0.682. The molecule has 0 bridgehead atoms. The molecule has 0 aliphatic carbocycles. The molecule has 0 spiro atoms. The van der Waals surface area contributed by atoms with Gasteiger partial charge in [-0.1, -0.05) is 6.92 Å². The molecule has 0 radical (unpaired) electrons. The van der Waals surface area contributed by atoms with E-state index in [1.165, 1.54) is 25.1 Å². The van der Waals surface area contributed by atoms with Crippen molar-refractivity contribution in [1.82, 2.24) is 20.0 Å². The van der Waals surface area contributed by atoms with Gasteiger partial charge in [0.1, 0.15) is 11.5 Å². The van der Waals surface area contributed by atoms with Crippen molar-refractivity contribution in [3.05, 3.63) is 23.8 Å². The van der Waals surface area contributed by atoms with Gasteiger partial charge in [-0.05, 0) is 43.6 Å². The highest BCUT2D eigenvalue weighted by atomic mass is 16.5. The topological polar surface area (TPSA) is 52.6 Å². The number of guanidine groups is 1. The Labute approximate surface area is 175 Å². The van der Waals surface area contributed by atoms with Gasteiger partial charge in [-0.3, -0.25) is 9.89 Å². The largest absolute Gasteiger partial charge is 0.497 e. The molecule has 1 N–H and O–H groups in total. The van der Waals surface area contributed by atoms with E-state index >= 15 is 0 Å². The van der Waals surface area contributed by atoms with Crippen molar-refractivity contribution in [2.24, 2.45) is 10.9 Å². The molecular formula is C22H37N5O2. The maximum atomic E-state index is 5.53. The first-order chi connectivity index (χ1) is 14.2. The van der Waals surface area contributed by atoms with Crippen LogP contribution in [0.4, 0.5) is 0 Å². The van der Waals surface area contributed by atoms with Crippen LogP contribution >= 0.6 is 0 Å². The highest BCUT2D eigenvalue weighted by molar-refractivity contribution is 5.80. The minimum atomic E-state index is 0.730. The molecule has 2 aliphatic heterocycles. The second kappa shape index (κ2) is 10.7. The van der Waals surface area contributed by atoms with E-state index in [0.717, 1.165) is 69.2 Å². The fourth-order valence-electron chi connectivity index (χ4n) is 4.30. The summed E-state index contributed by atoms with van der Waals surface area (Å²) in [6, 6.07) is 6.01. The summed E-state index contributed by atoms with van der Waals surface area (Å²) < 4.78 is 10.9. The first-order valence-electron chi connectivity index (χ1n) is 10.8. The Hall–Kier alpha value is -1.99. The molecule has 1 aromatic carbocycles. The van der Waals surface area contributed by atoms with Crippen molar-refractivity contribution in [2.75, 3.05) is 73.6 Å². The summed E-state index contributed by atoms with van der Waals surface area (Å²) in [6.45, 7) is 11.7. The lowest BCUT2D eigenvalue weighted by atomic mass is 10.1. The standard InChI is InChI=1S/C22H37N5O2/c1-5-25-9-8-18(16-25)15-24-22(23-2)27-12-10-26(11-13-27)17-19-14-20(28-3)6-7-21(19)29-4/h6-7,14,18H,5,8-13,15-17H2,1-4H3,(H,23,24). The van der Waals surface area contributed by atoms with Crippen molar-refractivity contribution in [3.63, 3.8) is 0 Å². The van der Waals surface area contributed by atoms with Gasteiger partial charge in [0.15, 0.2) is 5.96 Å². The summed E-state index contributed by atoms with van der Waals surface area (Å²) in [5.74, 6) is 3.56. The lowest BCUT2D eigenvalue weighted by Gasteiger charge is -2.37. The zero-order chi connectivity index (χ0) is 20.6. The number of methoxy groups -OCH3 is 2. The first kappa shape index (κ1) is 21.7. The van der Waals surface area contributed by atoms with Crippen LogP contribution in [-0.4, -0.2) is 94.3 Å². The van der Waals surface area contributed by atoms with Crippen LogP contribution in [0.5, 0.6) is 11.5 Å². The second-order valence-electron chi connectivity index (χ2n) is 7.92. The molecule has 162 valence electrons. The van der Waals surface area contributed by atoms with Crippen molar-refractivity contribution < 1.29 is 9.47 Å². The Morgan fingerprint density at radius 2 is 1.90 bits per heavy atom. The van der Waals surface area contributed by atoms with Crippen LogP contribution in [0.1, 0.15) is 18.9 Å². The summed E-state index contributed by atoms with van der Waals surface area (Å²) in [6.07, 6.45) is 1.29. The SMILES string of the molecule is CCN1CCC(CNC(=NC)N2CCN(Cc3cc(OC)ccc3OC)CC2)C1. The number of aliphatic imine (C=N–C) groups is 1. The summed E-state index contributed by atoms with van der Waals surface area (Å²) in [4.78, 5) is 11.9. The Morgan fingerprint density at radius 1 is 1.10 bits per heavy atom. The number of benzene rings is 1. The lowest BCUT2D eigenvalue weighted by molar-refractivity contribution is 0.170. The number of nitrogens with one attached hydrogen (secondary N) is 1. The van der Waals surface area contributed by atoms with E-state index in [0.29, 0.717) is 0 Å². The molecule has 3 rings (SSSR count). The van der Waals surface area contributed by atoms with E-state index in [-0.39, 0.29) is 0 Å². The average Bonchev–Trinajstić information content (AvgIpc) is 3.23. The number of rotatable bonds is 7. The van der Waals surface area contributed by atoms with Crippen LogP contribution in [0.15, 0.2) is 23.2 Å². The highest BCUT2D eigenvalue weighted by Gasteiger charge is 2.24. The number of hydrogen-bond donors (Lipinski definition) is 1. The van der Waals surface area contributed by atoms with E-state index in [1.54, 1.807) is 14.2 Å². The quantitative estimate of drug-likeness (QED) is 0.553. The van der Waals surface area contributed by atoms with Crippen molar-refractivity contribution in [2.45, 2.75) is 19.9 Å². The third-order valence-corrected chi connectivity index (χ3v) is 6.13. The molecule has 2 saturated heterocycles. The van der Waals surface area contributed by atoms with Crippen molar-refractivity contribution >= 4 is 5.96 Å². The van der Waals surface area contributed by atoms with Crippen LogP contribution in [0.2, 0.25) is 0 Å². The molecule has 1 unspecified atom stereocenters. The zero-order valence-corrected chi connectivity index (χ0v) is 18.5. The number of nitrogens with zero attached hydrogens (tertiary/aromatic N) is 4. The smallest absolute Gasteiger partial charge is 0.193 e. The summed E-state index contributed by atoms with van der Waals surface area (Å²) in [5.41, 5.74) is 1.17. The van der Waals surface area contributed by atoms with E-state index < -0.39 is 0 Å². The Bertz CT molecular complexity index is 673. The van der Waals surface area contributed by atoms with Crippen LogP contribution in [0.25, 0.3) is 0 Å². The molecule has 0 aromatic heterocycles. The normalized spacial score (nSPS) is 21.4. The molecule has 0 saturated carbocycles. The third-order valence-electron chi connectivity index (χ3n) is 6.13. The van der Waals surface area contributed by atoms with Gasteiger partial charge in [0, 0.05) is 58.4 Å². The van der Waals surface area contributed by atoms with Crippen LogP contribution in [-0.2, 0) is 6.54 Å². The third kappa shape index (κ3) is 5.76. The Morgan fingerprint density at radius 3 is 2.52 bits per heavy atom. The molecule has 1 aromatic rings. The van der Waals surface area contributed by atoms with Gasteiger partial charge in [-0.15, -0.1) is 0 Å². The number of likely N-dealkylation sites (tertiary alicyclic amines) is 1. The van der Waals surface area contributed by atoms with Gasteiger partial charge in [0.25, 0.3) is 0 Å². The van der Waals surface area contributed by atoms with E-state index in [9.17, 15) is 0 Å². The Balaban J connectivity index is 1.48. The number of ether oxygens (including phenoxy) is 2. The average molecular weight is 404 g/mol. The maximum absolute atomic E-state index is 5.53. The Kier molecular flexibility index (Phi) is 8.00. The zero-order valence-electron chi connectivity index (χ0n) is 18.5. The first-order valence-corrected chi connectivity index (χ1v) is 10.8. The highest BCUT2D eigenvalue weighted by Crippen LogP contribution is 2.25. The molecular weight excluding hydrogens is 366 g/mol. The molecule has 29 heavy (non-hydrogen) atoms. The van der Waals surface area contributed by atoms with E-state index in [2.05, 4.69) is 38.0 Å². The monoisotopic (exact) mass is 403 g/mol. The summed E-state index contributed by atoms with van der Waals surface area (Å²) in [7, 11) is 5.32. The molecule has 2 heterocycles. The van der Waals surface area contributed by atoms with Gasteiger partial charge in [-0.25, -0.2) is 0 Å². The number of piperazine rings is 1. The lowest BCUT2D eigenvalue weighted by Crippen LogP contribution is -2.52. The summed E-state index contributed by atoms with van der Waals surface area (Å²) in [5, 5.41) is 3.62. The van der Waals surface area contributed by atoms with Crippen molar-refractivity contribution in [1.29, 1.82) is 0 Å². The van der Waals surface area contributed by atoms with Crippen molar-refractivity contribution in [3.8, 4) is 11.5 Å². The van der Waals surface area contributed by atoms with Gasteiger partial charge in [-0.2, -0.15) is 0 Å². The van der Waals surface area contributed by atoms with Gasteiger partial charge < -0.3 is 24.6 Å². The minimum Gasteiger partial charge on any atom is -0.497 e. The molecule has 7 nitrogen and oxygen atoms in total. The van der Waals surface area contributed by atoms with Crippen LogP contribution < -0.4 is 14.8 Å². The maximum Gasteiger partial charge on any atom is 0.193 e. The van der Waals surface area contributed by atoms with E-state index in [4.69, 9.17) is 9.47 Å². The summed E-state index contributed by atoms with van der Waals surface area (Å²) >= 11 is 0. The number of hydrogen-bond acceptors (Lipinski definition) is 5. The van der Waals surface area contributed by atoms with Gasteiger partial charge in [0.2, 0.25) is 0 Å².